The molecule has 0 aromatic heterocycles. The molecule has 4 heterocycles. The molecular formula is C48H47NO7. The van der Waals surface area contributed by atoms with E-state index in [1.54, 1.807) is 23.3 Å². The van der Waals surface area contributed by atoms with E-state index in [0.717, 1.165) is 52.0 Å². The van der Waals surface area contributed by atoms with E-state index in [9.17, 15) is 9.59 Å². The summed E-state index contributed by atoms with van der Waals surface area (Å²) >= 11 is 0. The molecule has 286 valence electrons. The van der Waals surface area contributed by atoms with Gasteiger partial charge in [0, 0.05) is 18.5 Å². The Kier molecular flexibility index (Phi) is 14.5. The molecule has 11 rings (SSSR count). The summed E-state index contributed by atoms with van der Waals surface area (Å²) in [6, 6.07) is 39.9. The predicted molar refractivity (Wildman–Crippen MR) is 220 cm³/mol. The van der Waals surface area contributed by atoms with Gasteiger partial charge in [-0.05, 0) is 89.6 Å². The van der Waals surface area contributed by atoms with Crippen LogP contribution in [0.25, 0.3) is 0 Å². The van der Waals surface area contributed by atoms with Crippen LogP contribution in [-0.4, -0.2) is 38.3 Å². The van der Waals surface area contributed by atoms with Crippen LogP contribution in [0.4, 0.5) is 5.69 Å². The lowest BCUT2D eigenvalue weighted by atomic mass is 10.0. The number of ether oxygens (including phenoxy) is 5. The lowest BCUT2D eigenvalue weighted by Crippen LogP contribution is -2.14. The smallest absolute Gasteiger partial charge is 0.231 e. The Hall–Kier alpha value is -6.54. The molecule has 0 radical (unpaired) electrons. The van der Waals surface area contributed by atoms with Crippen LogP contribution < -0.4 is 29.0 Å². The molecule has 4 aliphatic heterocycles. The van der Waals surface area contributed by atoms with Crippen LogP contribution in [-0.2, 0) is 35.3 Å². The van der Waals surface area contributed by atoms with Crippen LogP contribution in [0.1, 0.15) is 35.1 Å². The highest BCUT2D eigenvalue weighted by molar-refractivity contribution is 5.99. The Morgan fingerprint density at radius 3 is 1.57 bits per heavy atom. The average Bonchev–Trinajstić information content (AvgIpc) is 4.02. The molecule has 0 atom stereocenters. The van der Waals surface area contributed by atoms with Crippen molar-refractivity contribution >= 4 is 17.4 Å². The molecule has 0 fully saturated rings. The molecule has 0 spiro atoms. The van der Waals surface area contributed by atoms with Crippen molar-refractivity contribution in [2.45, 2.75) is 38.5 Å². The van der Waals surface area contributed by atoms with Crippen molar-refractivity contribution in [2.75, 3.05) is 31.9 Å². The standard InChI is InChI=1S/C10H10O.C9H10.C8H7NO.C8H8O2.C7H6O2.C6H6O/c1-8-6-9-4-2-3-5-10(9)11-7-8;1-2-5-9-7-3-6-8(9)4-1;10-8-5-6-3-1-2-4-7(6)9-8;1-2-4-8-7(3-1)9-5-6-10-8;1-2-4-7-6(3-1)8-5-9-7;7-6-4-2-1-3-5-6/h2-5H,1,6-7H2;1-2,4-5H,3,6-7H2;1-4H,5H2,(H,9,10);1-4H,5-6H2;1-4H,5H2;1-4H,5H2. The zero-order valence-corrected chi connectivity index (χ0v) is 31.5. The van der Waals surface area contributed by atoms with E-state index in [1.807, 2.05) is 103 Å². The highest BCUT2D eigenvalue weighted by atomic mass is 16.7. The Morgan fingerprint density at radius 2 is 1.04 bits per heavy atom. The summed E-state index contributed by atoms with van der Waals surface area (Å²) < 4.78 is 26.2. The lowest BCUT2D eigenvalue weighted by Gasteiger charge is -2.18. The average molecular weight is 750 g/mol. The van der Waals surface area contributed by atoms with Crippen LogP contribution in [0.3, 0.4) is 0 Å². The van der Waals surface area contributed by atoms with Crippen molar-refractivity contribution < 1.29 is 33.3 Å². The monoisotopic (exact) mass is 749 g/mol. The maximum absolute atomic E-state index is 10.8. The zero-order chi connectivity index (χ0) is 38.8. The number of allylic oxidation sites excluding steroid dienone is 4. The van der Waals surface area contributed by atoms with Crippen LogP contribution in [0.5, 0.6) is 28.7 Å². The number of hydrogen-bond donors (Lipinski definition) is 1. The SMILES string of the molecule is C=C1COc2ccccc2C1.O=C1C=CC=CC1.O=C1Cc2ccccc2N1.c1ccc2c(c1)CCC2.c1ccc2c(c1)OCCO2.c1ccc2c(c1)OCO2. The largest absolute Gasteiger partial charge is 0.489 e. The van der Waals surface area contributed by atoms with Crippen molar-refractivity contribution in [3.8, 4) is 28.7 Å². The minimum Gasteiger partial charge on any atom is -0.489 e. The molecule has 5 aromatic carbocycles. The summed E-state index contributed by atoms with van der Waals surface area (Å²) in [5.41, 5.74) is 7.61. The third kappa shape index (κ3) is 12.0. The highest BCUT2D eigenvalue weighted by Crippen LogP contribution is 2.31. The minimum atomic E-state index is 0.0983. The van der Waals surface area contributed by atoms with Gasteiger partial charge >= 0.3 is 0 Å². The molecule has 1 N–H and O–H groups in total. The molecule has 0 unspecified atom stereocenters. The predicted octanol–water partition coefficient (Wildman–Crippen LogP) is 9.48. The van der Waals surface area contributed by atoms with Gasteiger partial charge in [-0.1, -0.05) is 110 Å². The van der Waals surface area contributed by atoms with Gasteiger partial charge in [0.05, 0.1) is 6.42 Å². The molecule has 0 bridgehead atoms. The quantitative estimate of drug-likeness (QED) is 0.158. The molecule has 0 saturated heterocycles. The van der Waals surface area contributed by atoms with E-state index in [-0.39, 0.29) is 11.7 Å². The molecule has 8 heteroatoms. The summed E-state index contributed by atoms with van der Waals surface area (Å²) in [5.74, 6) is 4.71. The summed E-state index contributed by atoms with van der Waals surface area (Å²) in [6.07, 6.45) is 13.1. The summed E-state index contributed by atoms with van der Waals surface area (Å²) in [6.45, 7) is 6.25. The number of aryl methyl sites for hydroxylation is 2. The zero-order valence-electron chi connectivity index (χ0n) is 31.5. The maximum atomic E-state index is 10.8. The third-order valence-corrected chi connectivity index (χ3v) is 9.07. The maximum Gasteiger partial charge on any atom is 0.231 e. The number of carbonyl (C=O) groups excluding carboxylic acids is 2. The normalized spacial score (nSPS) is 15.2. The van der Waals surface area contributed by atoms with Crippen molar-refractivity contribution in [3.05, 3.63) is 180 Å². The third-order valence-electron chi connectivity index (χ3n) is 9.07. The first-order valence-electron chi connectivity index (χ1n) is 18.9. The van der Waals surface area contributed by atoms with E-state index in [2.05, 4.69) is 42.2 Å². The van der Waals surface area contributed by atoms with E-state index >= 15 is 0 Å². The number of ketones is 1. The lowest BCUT2D eigenvalue weighted by molar-refractivity contribution is -0.115. The fraction of sp³-hybridized carbons (Fsp3) is 0.208. The molecule has 5 aromatic rings. The first kappa shape index (κ1) is 39.2. The number of para-hydroxylation sites is 6. The molecule has 6 aliphatic rings. The molecular weight excluding hydrogens is 703 g/mol. The van der Waals surface area contributed by atoms with Gasteiger partial charge in [0.2, 0.25) is 12.7 Å². The van der Waals surface area contributed by atoms with Gasteiger partial charge in [-0.25, -0.2) is 0 Å². The second-order valence-electron chi connectivity index (χ2n) is 13.3. The van der Waals surface area contributed by atoms with Crippen LogP contribution in [0.2, 0.25) is 0 Å². The number of nitrogens with one attached hydrogen (secondary N) is 1. The van der Waals surface area contributed by atoms with E-state index in [0.29, 0.717) is 39.5 Å². The van der Waals surface area contributed by atoms with Crippen molar-refractivity contribution in [1.82, 2.24) is 0 Å². The van der Waals surface area contributed by atoms with Gasteiger partial charge in [0.15, 0.2) is 28.8 Å². The van der Waals surface area contributed by atoms with Gasteiger partial charge < -0.3 is 29.0 Å². The van der Waals surface area contributed by atoms with E-state index in [1.165, 1.54) is 24.8 Å². The second kappa shape index (κ2) is 20.8. The van der Waals surface area contributed by atoms with Crippen molar-refractivity contribution in [3.63, 3.8) is 0 Å². The number of carbonyl (C=O) groups is 2. The molecule has 56 heavy (non-hydrogen) atoms. The number of fused-ring (bicyclic) bond motifs is 5. The summed E-state index contributed by atoms with van der Waals surface area (Å²) in [7, 11) is 0. The fourth-order valence-corrected chi connectivity index (χ4v) is 6.30. The number of rotatable bonds is 0. The summed E-state index contributed by atoms with van der Waals surface area (Å²) in [5, 5.41) is 2.76. The van der Waals surface area contributed by atoms with Crippen LogP contribution in [0, 0.1) is 0 Å². The first-order valence-corrected chi connectivity index (χ1v) is 18.9. The Morgan fingerprint density at radius 1 is 0.518 bits per heavy atom. The first-order chi connectivity index (χ1) is 27.5. The Balaban J connectivity index is 0.000000114. The Bertz CT molecular complexity index is 2010. The number of anilines is 1. The number of amides is 1. The number of hydrogen-bond acceptors (Lipinski definition) is 7. The molecule has 1 amide bonds. The van der Waals surface area contributed by atoms with Crippen LogP contribution in [0.15, 0.2) is 158 Å². The van der Waals surface area contributed by atoms with Gasteiger partial charge in [0.25, 0.3) is 0 Å². The van der Waals surface area contributed by atoms with Crippen LogP contribution >= 0.6 is 0 Å². The van der Waals surface area contributed by atoms with Gasteiger partial charge in [-0.2, -0.15) is 0 Å². The van der Waals surface area contributed by atoms with Crippen molar-refractivity contribution in [1.29, 1.82) is 0 Å². The second-order valence-corrected chi connectivity index (χ2v) is 13.3. The van der Waals surface area contributed by atoms with E-state index < -0.39 is 0 Å². The molecule has 8 nitrogen and oxygen atoms in total. The number of benzene rings is 5. The van der Waals surface area contributed by atoms with Crippen molar-refractivity contribution in [2.24, 2.45) is 0 Å². The highest BCUT2D eigenvalue weighted by Gasteiger charge is 2.15. The van der Waals surface area contributed by atoms with Gasteiger partial charge in [-0.15, -0.1) is 0 Å². The van der Waals surface area contributed by atoms with Gasteiger partial charge in [-0.3, -0.25) is 9.59 Å². The van der Waals surface area contributed by atoms with E-state index in [4.69, 9.17) is 23.7 Å². The molecule has 2 aliphatic carbocycles. The topological polar surface area (TPSA) is 92.3 Å². The fourth-order valence-electron chi connectivity index (χ4n) is 6.30. The Labute approximate surface area is 329 Å². The molecule has 0 saturated carbocycles. The summed E-state index contributed by atoms with van der Waals surface area (Å²) in [4.78, 5) is 21.1. The van der Waals surface area contributed by atoms with Gasteiger partial charge in [0.1, 0.15) is 25.6 Å². The minimum absolute atomic E-state index is 0.0983.